The van der Waals surface area contributed by atoms with Gasteiger partial charge in [-0.05, 0) is 31.5 Å². The zero-order valence-electron chi connectivity index (χ0n) is 10.5. The van der Waals surface area contributed by atoms with E-state index in [2.05, 4.69) is 6.92 Å². The highest BCUT2D eigenvalue weighted by molar-refractivity contribution is 7.99. The van der Waals surface area contributed by atoms with E-state index in [0.717, 1.165) is 29.2 Å². The molecule has 0 aliphatic rings. The van der Waals surface area contributed by atoms with Crippen LogP contribution in [0, 0.1) is 0 Å². The second-order valence-electron chi connectivity index (χ2n) is 3.93. The molecule has 96 valence electrons. The Kier molecular flexibility index (Phi) is 6.22. The van der Waals surface area contributed by atoms with Crippen molar-refractivity contribution in [3.63, 3.8) is 0 Å². The molecule has 0 aliphatic heterocycles. The molecular formula is C13H21NO2S. The number of hydrogen-bond donors (Lipinski definition) is 2. The third-order valence-electron chi connectivity index (χ3n) is 2.44. The Hall–Kier alpha value is -0.870. The lowest BCUT2D eigenvalue weighted by atomic mass is 10.2. The largest absolute Gasteiger partial charge is 0.494 e. The first-order chi connectivity index (χ1) is 8.17. The first-order valence-electron chi connectivity index (χ1n) is 5.91. The first kappa shape index (κ1) is 14.2. The Morgan fingerprint density at radius 2 is 2.24 bits per heavy atom. The molecular weight excluding hydrogens is 234 g/mol. The van der Waals surface area contributed by atoms with Crippen LogP contribution >= 0.6 is 11.8 Å². The predicted molar refractivity (Wildman–Crippen MR) is 74.5 cm³/mol. The monoisotopic (exact) mass is 255 g/mol. The van der Waals surface area contributed by atoms with Crippen molar-refractivity contribution in [2.24, 2.45) is 0 Å². The summed E-state index contributed by atoms with van der Waals surface area (Å²) in [6.07, 6.45) is 0.816. The average Bonchev–Trinajstić information content (AvgIpc) is 2.30. The van der Waals surface area contributed by atoms with Crippen LogP contribution in [0.15, 0.2) is 18.2 Å². The van der Waals surface area contributed by atoms with Gasteiger partial charge in [0.2, 0.25) is 0 Å². The van der Waals surface area contributed by atoms with Crippen LogP contribution in [0.1, 0.15) is 25.8 Å². The van der Waals surface area contributed by atoms with E-state index in [1.807, 2.05) is 36.9 Å². The van der Waals surface area contributed by atoms with Crippen LogP contribution in [0.2, 0.25) is 0 Å². The lowest BCUT2D eigenvalue weighted by Crippen LogP contribution is -2.02. The Labute approximate surface area is 107 Å². The Morgan fingerprint density at radius 3 is 2.88 bits per heavy atom. The van der Waals surface area contributed by atoms with Gasteiger partial charge in [0.25, 0.3) is 0 Å². The number of hydrogen-bond acceptors (Lipinski definition) is 4. The number of aliphatic hydroxyl groups is 1. The van der Waals surface area contributed by atoms with Crippen molar-refractivity contribution in [1.29, 1.82) is 0 Å². The van der Waals surface area contributed by atoms with Crippen molar-refractivity contribution in [3.05, 3.63) is 23.8 Å². The highest BCUT2D eigenvalue weighted by atomic mass is 32.2. The molecule has 4 heteroatoms. The van der Waals surface area contributed by atoms with Gasteiger partial charge in [-0.3, -0.25) is 0 Å². The van der Waals surface area contributed by atoms with E-state index in [1.54, 1.807) is 0 Å². The van der Waals surface area contributed by atoms with Gasteiger partial charge < -0.3 is 15.6 Å². The molecule has 0 aliphatic carbocycles. The number of nitrogen functional groups attached to an aromatic ring is 1. The molecule has 1 unspecified atom stereocenters. The van der Waals surface area contributed by atoms with Crippen LogP contribution in [0.5, 0.6) is 5.75 Å². The number of aliphatic hydroxyl groups excluding tert-OH is 1. The topological polar surface area (TPSA) is 55.5 Å². The molecule has 1 atom stereocenters. The highest BCUT2D eigenvalue weighted by Gasteiger charge is 2.07. The van der Waals surface area contributed by atoms with E-state index >= 15 is 0 Å². The van der Waals surface area contributed by atoms with Gasteiger partial charge in [-0.1, -0.05) is 6.92 Å². The number of rotatable bonds is 7. The molecule has 0 aromatic heterocycles. The number of thioether (sulfide) groups is 1. The van der Waals surface area contributed by atoms with E-state index in [0.29, 0.717) is 11.9 Å². The summed E-state index contributed by atoms with van der Waals surface area (Å²) in [6, 6.07) is 5.74. The van der Waals surface area contributed by atoms with Gasteiger partial charge in [0.1, 0.15) is 5.75 Å². The van der Waals surface area contributed by atoms with Gasteiger partial charge in [-0.25, -0.2) is 0 Å². The Balaban J connectivity index is 2.64. The average molecular weight is 255 g/mol. The summed E-state index contributed by atoms with van der Waals surface area (Å²) in [5, 5.41) is 9.30. The normalized spacial score (nSPS) is 12.4. The molecule has 0 bridgehead atoms. The first-order valence-corrected chi connectivity index (χ1v) is 6.96. The van der Waals surface area contributed by atoms with Gasteiger partial charge >= 0.3 is 0 Å². The Morgan fingerprint density at radius 1 is 1.47 bits per heavy atom. The number of benzene rings is 1. The summed E-state index contributed by atoms with van der Waals surface area (Å²) in [7, 11) is 0. The molecule has 0 saturated carbocycles. The summed E-state index contributed by atoms with van der Waals surface area (Å²) in [4.78, 5) is 0. The number of ether oxygens (including phenoxy) is 1. The molecule has 0 heterocycles. The van der Waals surface area contributed by atoms with E-state index in [4.69, 9.17) is 15.6 Å². The van der Waals surface area contributed by atoms with E-state index in [9.17, 15) is 0 Å². The van der Waals surface area contributed by atoms with Crippen LogP contribution in [0.25, 0.3) is 0 Å². The summed E-state index contributed by atoms with van der Waals surface area (Å²) >= 11 is 1.81. The van der Waals surface area contributed by atoms with Gasteiger partial charge in [-0.2, -0.15) is 11.8 Å². The number of anilines is 1. The van der Waals surface area contributed by atoms with Crippen LogP contribution < -0.4 is 10.5 Å². The second-order valence-corrected chi connectivity index (χ2v) is 5.36. The third kappa shape index (κ3) is 4.88. The second kappa shape index (κ2) is 7.45. The van der Waals surface area contributed by atoms with Crippen molar-refractivity contribution in [2.45, 2.75) is 31.3 Å². The summed E-state index contributed by atoms with van der Waals surface area (Å²) in [5.41, 5.74) is 7.67. The van der Waals surface area contributed by atoms with Crippen LogP contribution in [-0.2, 0) is 5.75 Å². The van der Waals surface area contributed by atoms with Crippen molar-refractivity contribution >= 4 is 17.4 Å². The zero-order valence-corrected chi connectivity index (χ0v) is 11.3. The molecule has 1 aromatic carbocycles. The summed E-state index contributed by atoms with van der Waals surface area (Å²) in [5.74, 6) is 1.77. The zero-order chi connectivity index (χ0) is 12.7. The molecule has 3 nitrogen and oxygen atoms in total. The maximum atomic E-state index is 8.86. The molecule has 0 radical (unpaired) electrons. The molecule has 0 saturated heterocycles. The van der Waals surface area contributed by atoms with E-state index < -0.39 is 0 Å². The quantitative estimate of drug-likeness (QED) is 0.735. The highest BCUT2D eigenvalue weighted by Crippen LogP contribution is 2.28. The van der Waals surface area contributed by atoms with Crippen molar-refractivity contribution in [2.75, 3.05) is 18.9 Å². The summed E-state index contributed by atoms with van der Waals surface area (Å²) < 4.78 is 5.57. The molecule has 1 aromatic rings. The van der Waals surface area contributed by atoms with Gasteiger partial charge in [0.15, 0.2) is 0 Å². The minimum absolute atomic E-state index is 0.239. The van der Waals surface area contributed by atoms with E-state index in [1.165, 1.54) is 0 Å². The van der Waals surface area contributed by atoms with Crippen LogP contribution in [0.4, 0.5) is 5.69 Å². The molecule has 0 amide bonds. The third-order valence-corrected chi connectivity index (χ3v) is 3.73. The van der Waals surface area contributed by atoms with Gasteiger partial charge in [-0.15, -0.1) is 0 Å². The molecule has 0 fully saturated rings. The predicted octanol–water partition coefficient (Wildman–Crippen LogP) is 2.67. The minimum Gasteiger partial charge on any atom is -0.494 e. The van der Waals surface area contributed by atoms with Crippen LogP contribution in [0.3, 0.4) is 0 Å². The van der Waals surface area contributed by atoms with Crippen LogP contribution in [-0.4, -0.2) is 23.6 Å². The minimum atomic E-state index is 0.239. The lowest BCUT2D eigenvalue weighted by molar-refractivity contribution is 0.289. The summed E-state index contributed by atoms with van der Waals surface area (Å²) in [6.45, 7) is 4.99. The fourth-order valence-electron chi connectivity index (χ4n) is 1.51. The fraction of sp³-hybridized carbons (Fsp3) is 0.538. The standard InChI is InChI=1S/C13H21NO2S/c1-3-16-13-5-4-12(14)8-11(13)9-17-10(2)6-7-15/h4-5,8,10,15H,3,6-7,9,14H2,1-2H3. The molecule has 0 spiro atoms. The van der Waals surface area contributed by atoms with Gasteiger partial charge in [0.05, 0.1) is 6.61 Å². The van der Waals surface area contributed by atoms with Crippen molar-refractivity contribution in [3.8, 4) is 5.75 Å². The molecule has 1 rings (SSSR count). The SMILES string of the molecule is CCOc1ccc(N)cc1CSC(C)CCO. The molecule has 3 N–H and O–H groups in total. The van der Waals surface area contributed by atoms with Gasteiger partial charge in [0, 0.05) is 28.9 Å². The fourth-order valence-corrected chi connectivity index (χ4v) is 2.47. The Bertz CT molecular complexity index is 344. The number of nitrogens with two attached hydrogens (primary N) is 1. The smallest absolute Gasteiger partial charge is 0.123 e. The maximum absolute atomic E-state index is 8.86. The lowest BCUT2D eigenvalue weighted by Gasteiger charge is -2.13. The van der Waals surface area contributed by atoms with E-state index in [-0.39, 0.29) is 6.61 Å². The maximum Gasteiger partial charge on any atom is 0.123 e. The van der Waals surface area contributed by atoms with Crippen molar-refractivity contribution in [1.82, 2.24) is 0 Å². The van der Waals surface area contributed by atoms with Crippen molar-refractivity contribution < 1.29 is 9.84 Å². The molecule has 17 heavy (non-hydrogen) atoms.